The molecule has 2 rings (SSSR count). The number of rotatable bonds is 4. The summed E-state index contributed by atoms with van der Waals surface area (Å²) in [4.78, 5) is 11.7. The molecule has 0 aliphatic carbocycles. The second-order valence-electron chi connectivity index (χ2n) is 3.91. The van der Waals surface area contributed by atoms with Gasteiger partial charge < -0.3 is 4.74 Å². The van der Waals surface area contributed by atoms with Crippen LogP contribution in [0.25, 0.3) is 0 Å². The summed E-state index contributed by atoms with van der Waals surface area (Å²) in [7, 11) is 0. The molecule has 0 atom stereocenters. The number of ketones is 1. The molecule has 0 saturated carbocycles. The first-order valence-corrected chi connectivity index (χ1v) is 5.91. The van der Waals surface area contributed by atoms with E-state index in [0.717, 1.165) is 30.3 Å². The second-order valence-corrected chi connectivity index (χ2v) is 4.32. The molecule has 0 aliphatic rings. The summed E-state index contributed by atoms with van der Waals surface area (Å²) < 4.78 is 44.2. The summed E-state index contributed by atoms with van der Waals surface area (Å²) in [5, 5.41) is -0.0162. The highest BCUT2D eigenvalue weighted by Crippen LogP contribution is 2.25. The van der Waals surface area contributed by atoms with Crippen LogP contribution in [0.2, 0.25) is 5.02 Å². The van der Waals surface area contributed by atoms with E-state index in [0.29, 0.717) is 0 Å². The lowest BCUT2D eigenvalue weighted by atomic mass is 10.1. The molecule has 6 heteroatoms. The molecule has 0 unspecified atom stereocenters. The number of Topliss-reactive ketones (excluding diaryl/α,β-unsaturated/α-hetero) is 1. The first kappa shape index (κ1) is 14.4. The van der Waals surface area contributed by atoms with Gasteiger partial charge >= 0.3 is 0 Å². The topological polar surface area (TPSA) is 26.3 Å². The number of carbonyl (C=O) groups excluding carboxylic acids is 1. The maximum Gasteiger partial charge on any atom is 0.203 e. The van der Waals surface area contributed by atoms with Gasteiger partial charge in [-0.15, -0.1) is 0 Å². The molecule has 0 aromatic heterocycles. The van der Waals surface area contributed by atoms with Crippen LogP contribution in [0.1, 0.15) is 10.4 Å². The van der Waals surface area contributed by atoms with Gasteiger partial charge in [0.15, 0.2) is 6.61 Å². The largest absolute Gasteiger partial charge is 0.484 e. The fraction of sp³-hybridized carbons (Fsp3) is 0.0714. The van der Waals surface area contributed by atoms with Crippen LogP contribution < -0.4 is 4.74 Å². The lowest BCUT2D eigenvalue weighted by Crippen LogP contribution is -2.13. The Morgan fingerprint density at radius 1 is 1.05 bits per heavy atom. The molecule has 2 nitrogen and oxygen atoms in total. The van der Waals surface area contributed by atoms with Crippen LogP contribution in [-0.2, 0) is 0 Å². The highest BCUT2D eigenvalue weighted by molar-refractivity contribution is 6.32. The number of benzene rings is 2. The molecule has 20 heavy (non-hydrogen) atoms. The van der Waals surface area contributed by atoms with E-state index < -0.39 is 35.4 Å². The van der Waals surface area contributed by atoms with Gasteiger partial charge in [0, 0.05) is 0 Å². The molecule has 0 aliphatic heterocycles. The average molecular weight is 301 g/mol. The Hall–Kier alpha value is -2.01. The molecule has 0 N–H and O–H groups in total. The van der Waals surface area contributed by atoms with Crippen LogP contribution in [0, 0.1) is 17.5 Å². The first-order chi connectivity index (χ1) is 9.47. The van der Waals surface area contributed by atoms with Gasteiger partial charge in [0.2, 0.25) is 5.78 Å². The van der Waals surface area contributed by atoms with Crippen molar-refractivity contribution in [3.63, 3.8) is 0 Å². The molecule has 0 amide bonds. The van der Waals surface area contributed by atoms with Crippen LogP contribution in [0.15, 0.2) is 36.4 Å². The zero-order valence-electron chi connectivity index (χ0n) is 10.00. The van der Waals surface area contributed by atoms with Gasteiger partial charge in [0.05, 0.1) is 10.6 Å². The number of carbonyl (C=O) groups is 1. The van der Waals surface area contributed by atoms with E-state index in [-0.39, 0.29) is 10.8 Å². The van der Waals surface area contributed by atoms with Crippen molar-refractivity contribution < 1.29 is 22.7 Å². The number of halogens is 4. The molecule has 2 aromatic carbocycles. The van der Waals surface area contributed by atoms with E-state index in [1.54, 1.807) is 0 Å². The molecule has 0 radical (unpaired) electrons. The van der Waals surface area contributed by atoms with Crippen molar-refractivity contribution in [3.05, 3.63) is 64.4 Å². The summed E-state index contributed by atoms with van der Waals surface area (Å²) in [6, 6.07) is 5.91. The van der Waals surface area contributed by atoms with Crippen molar-refractivity contribution in [1.29, 1.82) is 0 Å². The van der Waals surface area contributed by atoms with Gasteiger partial charge in [-0.05, 0) is 36.4 Å². The summed E-state index contributed by atoms with van der Waals surface area (Å²) >= 11 is 5.71. The molecule has 0 fully saturated rings. The smallest absolute Gasteiger partial charge is 0.203 e. The normalized spacial score (nSPS) is 10.4. The highest BCUT2D eigenvalue weighted by atomic mass is 35.5. The SMILES string of the molecule is O=C(COc1ccc(F)cc1Cl)c1cc(F)ccc1F. The lowest BCUT2D eigenvalue weighted by Gasteiger charge is -2.08. The van der Waals surface area contributed by atoms with Crippen molar-refractivity contribution in [1.82, 2.24) is 0 Å². The third kappa shape index (κ3) is 3.30. The van der Waals surface area contributed by atoms with Crippen molar-refractivity contribution in [2.24, 2.45) is 0 Å². The quantitative estimate of drug-likeness (QED) is 0.797. The zero-order chi connectivity index (χ0) is 14.7. The summed E-state index contributed by atoms with van der Waals surface area (Å²) in [6.07, 6.45) is 0. The van der Waals surface area contributed by atoms with Crippen molar-refractivity contribution in [3.8, 4) is 5.75 Å². The Balaban J connectivity index is 2.10. The fourth-order valence-electron chi connectivity index (χ4n) is 1.52. The van der Waals surface area contributed by atoms with Crippen LogP contribution in [0.4, 0.5) is 13.2 Å². The van der Waals surface area contributed by atoms with E-state index in [9.17, 15) is 18.0 Å². The van der Waals surface area contributed by atoms with Crippen molar-refractivity contribution >= 4 is 17.4 Å². The predicted octanol–water partition coefficient (Wildman–Crippen LogP) is 4.02. The second kappa shape index (κ2) is 5.96. The first-order valence-electron chi connectivity index (χ1n) is 5.53. The summed E-state index contributed by atoms with van der Waals surface area (Å²) in [5.74, 6) is -2.79. The van der Waals surface area contributed by atoms with Gasteiger partial charge in [-0.2, -0.15) is 0 Å². The average Bonchev–Trinajstić information content (AvgIpc) is 2.40. The van der Waals surface area contributed by atoms with E-state index in [1.165, 1.54) is 6.07 Å². The number of hydrogen-bond donors (Lipinski definition) is 0. The molecular formula is C14H8ClF3O2. The van der Waals surface area contributed by atoms with Crippen molar-refractivity contribution in [2.45, 2.75) is 0 Å². The molecule has 2 aromatic rings. The third-order valence-corrected chi connectivity index (χ3v) is 2.78. The van der Waals surface area contributed by atoms with Crippen LogP contribution in [0.5, 0.6) is 5.75 Å². The van der Waals surface area contributed by atoms with E-state index in [1.807, 2.05) is 0 Å². The van der Waals surface area contributed by atoms with Gasteiger partial charge in [-0.25, -0.2) is 13.2 Å². The molecule has 0 heterocycles. The third-order valence-electron chi connectivity index (χ3n) is 2.48. The lowest BCUT2D eigenvalue weighted by molar-refractivity contribution is 0.0917. The monoisotopic (exact) mass is 300 g/mol. The minimum atomic E-state index is -0.842. The minimum absolute atomic E-state index is 0.0162. The number of ether oxygens (including phenoxy) is 1. The predicted molar refractivity (Wildman–Crippen MR) is 67.6 cm³/mol. The summed E-state index contributed by atoms with van der Waals surface area (Å²) in [6.45, 7) is -0.536. The Bertz CT molecular complexity index is 659. The van der Waals surface area contributed by atoms with Crippen LogP contribution >= 0.6 is 11.6 Å². The molecule has 0 spiro atoms. The van der Waals surface area contributed by atoms with Crippen molar-refractivity contribution in [2.75, 3.05) is 6.61 Å². The highest BCUT2D eigenvalue weighted by Gasteiger charge is 2.14. The maximum absolute atomic E-state index is 13.4. The Labute approximate surface area is 117 Å². The zero-order valence-corrected chi connectivity index (χ0v) is 10.8. The Morgan fingerprint density at radius 3 is 2.40 bits per heavy atom. The Morgan fingerprint density at radius 2 is 1.70 bits per heavy atom. The van der Waals surface area contributed by atoms with Gasteiger partial charge in [-0.1, -0.05) is 11.6 Å². The molecule has 0 saturated heterocycles. The van der Waals surface area contributed by atoms with E-state index >= 15 is 0 Å². The van der Waals surface area contributed by atoms with Crippen LogP contribution in [-0.4, -0.2) is 12.4 Å². The minimum Gasteiger partial charge on any atom is -0.484 e. The maximum atomic E-state index is 13.4. The standard InChI is InChI=1S/C14H8ClF3O2/c15-11-6-9(17)2-4-14(11)20-7-13(19)10-5-8(16)1-3-12(10)18/h1-6H,7H2. The van der Waals surface area contributed by atoms with Gasteiger partial charge in [-0.3, -0.25) is 4.79 Å². The summed E-state index contributed by atoms with van der Waals surface area (Å²) in [5.41, 5.74) is -0.414. The molecule has 0 bridgehead atoms. The van der Waals surface area contributed by atoms with Gasteiger partial charge in [0.1, 0.15) is 23.2 Å². The molecular weight excluding hydrogens is 293 g/mol. The molecule has 104 valence electrons. The van der Waals surface area contributed by atoms with Crippen LogP contribution in [0.3, 0.4) is 0 Å². The van der Waals surface area contributed by atoms with E-state index in [2.05, 4.69) is 0 Å². The Kier molecular flexibility index (Phi) is 4.29. The van der Waals surface area contributed by atoms with Gasteiger partial charge in [0.25, 0.3) is 0 Å². The van der Waals surface area contributed by atoms with E-state index in [4.69, 9.17) is 16.3 Å². The fourth-order valence-corrected chi connectivity index (χ4v) is 1.75. The number of hydrogen-bond acceptors (Lipinski definition) is 2.